The van der Waals surface area contributed by atoms with Crippen molar-refractivity contribution < 1.29 is 4.79 Å². The van der Waals surface area contributed by atoms with E-state index in [2.05, 4.69) is 11.9 Å². The number of likely N-dealkylation sites (tertiary alicyclic amines) is 1. The molecule has 0 unspecified atom stereocenters. The molecule has 0 bridgehead atoms. The Balaban J connectivity index is 1.92. The van der Waals surface area contributed by atoms with Crippen LogP contribution in [0.2, 0.25) is 5.02 Å². The van der Waals surface area contributed by atoms with E-state index in [1.807, 2.05) is 35.2 Å². The summed E-state index contributed by atoms with van der Waals surface area (Å²) in [7, 11) is 0. The van der Waals surface area contributed by atoms with Gasteiger partial charge in [-0.1, -0.05) is 29.8 Å². The van der Waals surface area contributed by atoms with Gasteiger partial charge in [-0.2, -0.15) is 0 Å². The Morgan fingerprint density at radius 3 is 3.10 bits per heavy atom. The summed E-state index contributed by atoms with van der Waals surface area (Å²) in [6, 6.07) is 8.07. The first-order valence-corrected chi connectivity index (χ1v) is 7.44. The number of carbonyl (C=O) groups excluding carboxylic acids is 1. The van der Waals surface area contributed by atoms with E-state index in [9.17, 15) is 4.79 Å². The monoisotopic (exact) mass is 292 g/mol. The Kier molecular flexibility index (Phi) is 5.62. The number of benzene rings is 1. The van der Waals surface area contributed by atoms with Gasteiger partial charge in [0.1, 0.15) is 0 Å². The average Bonchev–Trinajstić information content (AvgIpc) is 2.76. The average molecular weight is 293 g/mol. The highest BCUT2D eigenvalue weighted by atomic mass is 35.5. The minimum absolute atomic E-state index is 0.249. The normalized spacial score (nSPS) is 18.6. The molecule has 1 aliphatic rings. The molecular formula is C16H21ClN2O. The number of carbonyl (C=O) groups is 1. The second-order valence-electron chi connectivity index (χ2n) is 5.13. The lowest BCUT2D eigenvalue weighted by Gasteiger charge is -2.25. The Morgan fingerprint density at radius 1 is 1.50 bits per heavy atom. The van der Waals surface area contributed by atoms with Gasteiger partial charge in [0, 0.05) is 30.6 Å². The fraction of sp³-hybridized carbons (Fsp3) is 0.438. The van der Waals surface area contributed by atoms with E-state index in [4.69, 9.17) is 11.6 Å². The first kappa shape index (κ1) is 15.1. The Hall–Kier alpha value is -1.32. The van der Waals surface area contributed by atoms with E-state index < -0.39 is 0 Å². The van der Waals surface area contributed by atoms with E-state index in [-0.39, 0.29) is 5.91 Å². The summed E-state index contributed by atoms with van der Waals surface area (Å²) in [4.78, 5) is 14.0. The summed E-state index contributed by atoms with van der Waals surface area (Å²) in [5.41, 5.74) is 1.09. The number of halogens is 1. The van der Waals surface area contributed by atoms with E-state index in [1.54, 1.807) is 0 Å². The maximum atomic E-state index is 12.0. The topological polar surface area (TPSA) is 32.3 Å². The maximum Gasteiger partial charge on any atom is 0.223 e. The summed E-state index contributed by atoms with van der Waals surface area (Å²) in [6.45, 7) is 6.07. The number of nitrogens with one attached hydrogen (secondary N) is 1. The molecule has 3 nitrogen and oxygen atoms in total. The van der Waals surface area contributed by atoms with Crippen molar-refractivity contribution in [2.75, 3.05) is 13.1 Å². The molecule has 20 heavy (non-hydrogen) atoms. The van der Waals surface area contributed by atoms with Crippen LogP contribution in [-0.4, -0.2) is 29.9 Å². The van der Waals surface area contributed by atoms with Gasteiger partial charge in [0.2, 0.25) is 5.91 Å². The third-order valence-corrected chi connectivity index (χ3v) is 3.87. The van der Waals surface area contributed by atoms with Crippen LogP contribution in [0.15, 0.2) is 36.9 Å². The van der Waals surface area contributed by atoms with E-state index in [0.29, 0.717) is 19.0 Å². The lowest BCUT2D eigenvalue weighted by Crippen LogP contribution is -2.34. The molecule has 0 radical (unpaired) electrons. The highest BCUT2D eigenvalue weighted by Crippen LogP contribution is 2.24. The van der Waals surface area contributed by atoms with Crippen molar-refractivity contribution in [1.82, 2.24) is 10.2 Å². The van der Waals surface area contributed by atoms with Crippen LogP contribution in [0.1, 0.15) is 24.8 Å². The van der Waals surface area contributed by atoms with Crippen LogP contribution in [0.4, 0.5) is 0 Å². The molecule has 1 N–H and O–H groups in total. The van der Waals surface area contributed by atoms with Crippen molar-refractivity contribution in [2.24, 2.45) is 0 Å². The predicted molar refractivity (Wildman–Crippen MR) is 82.7 cm³/mol. The minimum Gasteiger partial charge on any atom is -0.335 e. The summed E-state index contributed by atoms with van der Waals surface area (Å²) in [6.07, 6.45) is 4.45. The van der Waals surface area contributed by atoms with Crippen LogP contribution < -0.4 is 5.32 Å². The zero-order valence-corrected chi connectivity index (χ0v) is 12.4. The maximum absolute atomic E-state index is 12.0. The lowest BCUT2D eigenvalue weighted by atomic mass is 10.1. The van der Waals surface area contributed by atoms with Gasteiger partial charge >= 0.3 is 0 Å². The molecule has 0 aromatic heterocycles. The Morgan fingerprint density at radius 2 is 2.35 bits per heavy atom. The molecule has 1 aromatic carbocycles. The third-order valence-electron chi connectivity index (χ3n) is 3.64. The molecule has 1 heterocycles. The largest absolute Gasteiger partial charge is 0.335 e. The zero-order chi connectivity index (χ0) is 14.4. The first-order valence-electron chi connectivity index (χ1n) is 7.06. The van der Waals surface area contributed by atoms with E-state index in [1.165, 1.54) is 0 Å². The number of rotatable bonds is 7. The van der Waals surface area contributed by atoms with E-state index >= 15 is 0 Å². The zero-order valence-electron chi connectivity index (χ0n) is 11.6. The van der Waals surface area contributed by atoms with Crippen LogP contribution in [0.3, 0.4) is 0 Å². The number of hydrogen-bond donors (Lipinski definition) is 1. The molecule has 4 heteroatoms. The van der Waals surface area contributed by atoms with Crippen molar-refractivity contribution in [3.8, 4) is 0 Å². The van der Waals surface area contributed by atoms with Crippen LogP contribution in [0.5, 0.6) is 0 Å². The number of amides is 1. The summed E-state index contributed by atoms with van der Waals surface area (Å²) in [5, 5.41) is 4.01. The van der Waals surface area contributed by atoms with Crippen molar-refractivity contribution in [3.05, 3.63) is 47.5 Å². The van der Waals surface area contributed by atoms with Crippen LogP contribution in [-0.2, 0) is 11.3 Å². The van der Waals surface area contributed by atoms with Gasteiger partial charge in [-0.05, 0) is 37.1 Å². The number of hydrogen-bond acceptors (Lipinski definition) is 2. The van der Waals surface area contributed by atoms with Crippen molar-refractivity contribution in [2.45, 2.75) is 31.8 Å². The van der Waals surface area contributed by atoms with Gasteiger partial charge < -0.3 is 10.2 Å². The number of nitrogens with zero attached hydrogens (tertiary/aromatic N) is 1. The molecule has 0 saturated carbocycles. The molecule has 1 saturated heterocycles. The van der Waals surface area contributed by atoms with Crippen molar-refractivity contribution in [1.29, 1.82) is 0 Å². The third kappa shape index (κ3) is 4.09. The van der Waals surface area contributed by atoms with Gasteiger partial charge in [-0.15, -0.1) is 6.58 Å². The first-order chi connectivity index (χ1) is 9.70. The quantitative estimate of drug-likeness (QED) is 0.619. The molecule has 108 valence electrons. The van der Waals surface area contributed by atoms with Crippen molar-refractivity contribution >= 4 is 17.5 Å². The molecule has 0 spiro atoms. The molecule has 1 aliphatic heterocycles. The standard InChI is InChI=1S/C16H21ClN2O/c1-2-9-18-10-8-15-6-7-16(20)19(15)12-13-4-3-5-14(17)11-13/h2-5,11,15,18H,1,6-10,12H2/t15-/m1/s1. The van der Waals surface area contributed by atoms with Crippen LogP contribution in [0.25, 0.3) is 0 Å². The molecule has 1 amide bonds. The molecular weight excluding hydrogens is 272 g/mol. The fourth-order valence-electron chi connectivity index (χ4n) is 2.62. The highest BCUT2D eigenvalue weighted by Gasteiger charge is 2.30. The predicted octanol–water partition coefficient (Wildman–Crippen LogP) is 3.00. The Labute approximate surface area is 125 Å². The summed E-state index contributed by atoms with van der Waals surface area (Å²) < 4.78 is 0. The van der Waals surface area contributed by atoms with Gasteiger partial charge in [0.25, 0.3) is 0 Å². The molecule has 0 aliphatic carbocycles. The lowest BCUT2D eigenvalue weighted by molar-refractivity contribution is -0.129. The Bertz CT molecular complexity index is 475. The van der Waals surface area contributed by atoms with Crippen LogP contribution in [0, 0.1) is 0 Å². The second-order valence-corrected chi connectivity index (χ2v) is 5.56. The molecule has 1 atom stereocenters. The second kappa shape index (κ2) is 7.46. The SMILES string of the molecule is C=CCNCC[C@H]1CCC(=O)N1Cc1cccc(Cl)c1. The molecule has 2 rings (SSSR count). The van der Waals surface area contributed by atoms with Gasteiger partial charge in [-0.25, -0.2) is 0 Å². The van der Waals surface area contributed by atoms with E-state index in [0.717, 1.165) is 36.5 Å². The van der Waals surface area contributed by atoms with Gasteiger partial charge in [0.15, 0.2) is 0 Å². The smallest absolute Gasteiger partial charge is 0.223 e. The summed E-state index contributed by atoms with van der Waals surface area (Å²) >= 11 is 6.00. The van der Waals surface area contributed by atoms with Gasteiger partial charge in [0.05, 0.1) is 0 Å². The highest BCUT2D eigenvalue weighted by molar-refractivity contribution is 6.30. The van der Waals surface area contributed by atoms with Crippen molar-refractivity contribution in [3.63, 3.8) is 0 Å². The summed E-state index contributed by atoms with van der Waals surface area (Å²) in [5.74, 6) is 0.249. The van der Waals surface area contributed by atoms with Crippen LogP contribution >= 0.6 is 11.6 Å². The van der Waals surface area contributed by atoms with Gasteiger partial charge in [-0.3, -0.25) is 4.79 Å². The fourth-order valence-corrected chi connectivity index (χ4v) is 2.83. The molecule has 1 fully saturated rings. The minimum atomic E-state index is 0.249. The molecule has 1 aromatic rings.